The number of carbonyl (C=O) groups excluding carboxylic acids is 1. The van der Waals surface area contributed by atoms with Gasteiger partial charge in [-0.05, 0) is 56.5 Å². The van der Waals surface area contributed by atoms with Crippen molar-refractivity contribution < 1.29 is 4.79 Å². The summed E-state index contributed by atoms with van der Waals surface area (Å²) in [4.78, 5) is 46.1. The average Bonchev–Trinajstić information content (AvgIpc) is 2.88. The molecule has 3 aromatic rings. The molecule has 0 bridgehead atoms. The Hall–Kier alpha value is -3.03. The van der Waals surface area contributed by atoms with Crippen molar-refractivity contribution in [2.45, 2.75) is 45.6 Å². The molecule has 7 nitrogen and oxygen atoms in total. The number of benzene rings is 2. The van der Waals surface area contributed by atoms with Gasteiger partial charge in [-0.15, -0.1) is 0 Å². The van der Waals surface area contributed by atoms with Gasteiger partial charge in [0.25, 0.3) is 5.56 Å². The van der Waals surface area contributed by atoms with Crippen LogP contribution >= 0.6 is 0 Å². The minimum Gasteiger partial charge on any atom is -0.307 e. The quantitative estimate of drug-likeness (QED) is 0.339. The van der Waals surface area contributed by atoms with Crippen molar-refractivity contribution >= 4 is 16.7 Å². The highest BCUT2D eigenvalue weighted by Crippen LogP contribution is 2.14. The summed E-state index contributed by atoms with van der Waals surface area (Å²) in [6.07, 6.45) is 4.11. The van der Waals surface area contributed by atoms with Crippen LogP contribution in [0.2, 0.25) is 0 Å². The van der Waals surface area contributed by atoms with E-state index < -0.39 is 5.69 Å². The van der Waals surface area contributed by atoms with Crippen LogP contribution in [0.3, 0.4) is 0 Å². The Kier molecular flexibility index (Phi) is 8.66. The molecular weight excluding hydrogens is 440 g/mol. The summed E-state index contributed by atoms with van der Waals surface area (Å²) in [5, 5.41) is 0.427. The molecule has 7 heteroatoms. The fourth-order valence-corrected chi connectivity index (χ4v) is 4.83. The normalized spacial score (nSPS) is 15.0. The van der Waals surface area contributed by atoms with E-state index in [1.807, 2.05) is 30.3 Å². The Morgan fingerprint density at radius 2 is 1.60 bits per heavy atom. The van der Waals surface area contributed by atoms with E-state index in [4.69, 9.17) is 0 Å². The SMILES string of the molecule is CCCN1CCN(CCCCC(=O)c2ccc3c(=O)n(CCc4ccccc4)c(=O)[nH]c3c2)CC1. The molecule has 0 atom stereocenters. The molecule has 1 aromatic heterocycles. The minimum atomic E-state index is -0.443. The number of fused-ring (bicyclic) bond motifs is 1. The number of nitrogens with zero attached hydrogens (tertiary/aromatic N) is 3. The first-order valence-electron chi connectivity index (χ1n) is 12.8. The van der Waals surface area contributed by atoms with Crippen molar-refractivity contribution in [3.05, 3.63) is 80.5 Å². The van der Waals surface area contributed by atoms with Crippen molar-refractivity contribution in [2.75, 3.05) is 39.3 Å². The molecule has 1 saturated heterocycles. The number of hydrogen-bond donors (Lipinski definition) is 1. The summed E-state index contributed by atoms with van der Waals surface area (Å²) in [5.41, 5.74) is 1.27. The van der Waals surface area contributed by atoms with Crippen LogP contribution in [-0.4, -0.2) is 64.4 Å². The van der Waals surface area contributed by atoms with Crippen molar-refractivity contribution in [2.24, 2.45) is 0 Å². The maximum atomic E-state index is 12.9. The van der Waals surface area contributed by atoms with Crippen molar-refractivity contribution in [1.29, 1.82) is 0 Å². The van der Waals surface area contributed by atoms with Crippen LogP contribution in [0.1, 0.15) is 48.5 Å². The summed E-state index contributed by atoms with van der Waals surface area (Å²) < 4.78 is 1.24. The standard InChI is InChI=1S/C28H36N4O3/c1-2-14-30-17-19-31(20-18-30)15-7-6-10-26(33)23-11-12-24-25(21-23)29-28(35)32(27(24)34)16-13-22-8-4-3-5-9-22/h3-5,8-9,11-12,21H,2,6-7,10,13-20H2,1H3,(H,29,35). The van der Waals surface area contributed by atoms with Gasteiger partial charge >= 0.3 is 5.69 Å². The van der Waals surface area contributed by atoms with Gasteiger partial charge in [-0.1, -0.05) is 43.3 Å². The molecule has 0 unspecified atom stereocenters. The molecule has 0 aliphatic carbocycles. The number of piperazine rings is 1. The van der Waals surface area contributed by atoms with Gasteiger partial charge in [0.1, 0.15) is 0 Å². The van der Waals surface area contributed by atoms with Gasteiger partial charge in [0.05, 0.1) is 10.9 Å². The number of hydrogen-bond acceptors (Lipinski definition) is 5. The Labute approximate surface area is 206 Å². The zero-order chi connectivity index (χ0) is 24.6. The summed E-state index contributed by atoms with van der Waals surface area (Å²) in [6.45, 7) is 9.22. The minimum absolute atomic E-state index is 0.0498. The zero-order valence-electron chi connectivity index (χ0n) is 20.7. The Morgan fingerprint density at radius 3 is 2.31 bits per heavy atom. The third kappa shape index (κ3) is 6.55. The second-order valence-corrected chi connectivity index (χ2v) is 9.45. The van der Waals surface area contributed by atoms with Gasteiger partial charge in [-0.3, -0.25) is 14.2 Å². The lowest BCUT2D eigenvalue weighted by molar-refractivity contribution is 0.0974. The highest BCUT2D eigenvalue weighted by atomic mass is 16.2. The van der Waals surface area contributed by atoms with Crippen LogP contribution in [0.25, 0.3) is 10.9 Å². The Morgan fingerprint density at radius 1 is 0.886 bits per heavy atom. The van der Waals surface area contributed by atoms with Crippen LogP contribution in [0.5, 0.6) is 0 Å². The van der Waals surface area contributed by atoms with Crippen LogP contribution in [-0.2, 0) is 13.0 Å². The van der Waals surface area contributed by atoms with E-state index >= 15 is 0 Å². The van der Waals surface area contributed by atoms with Crippen molar-refractivity contribution in [1.82, 2.24) is 19.4 Å². The fourth-order valence-electron chi connectivity index (χ4n) is 4.83. The number of H-pyrrole nitrogens is 1. The monoisotopic (exact) mass is 476 g/mol. The third-order valence-corrected chi connectivity index (χ3v) is 6.90. The van der Waals surface area contributed by atoms with E-state index in [-0.39, 0.29) is 11.3 Å². The van der Waals surface area contributed by atoms with Crippen LogP contribution in [0, 0.1) is 0 Å². The second kappa shape index (κ2) is 12.1. The smallest absolute Gasteiger partial charge is 0.307 e. The molecule has 0 spiro atoms. The molecule has 0 amide bonds. The first-order chi connectivity index (χ1) is 17.0. The van der Waals surface area contributed by atoms with E-state index in [1.165, 1.54) is 17.5 Å². The molecule has 0 saturated carbocycles. The van der Waals surface area contributed by atoms with Gasteiger partial charge in [0.15, 0.2) is 5.78 Å². The first kappa shape index (κ1) is 25.1. The number of Topliss-reactive ketones (excluding diaryl/α,β-unsaturated/α-hetero) is 1. The van der Waals surface area contributed by atoms with Crippen LogP contribution in [0.4, 0.5) is 0 Å². The molecule has 1 aliphatic heterocycles. The number of ketones is 1. The van der Waals surface area contributed by atoms with E-state index in [1.54, 1.807) is 18.2 Å². The molecule has 186 valence electrons. The maximum absolute atomic E-state index is 12.9. The molecule has 1 fully saturated rings. The van der Waals surface area contributed by atoms with Crippen molar-refractivity contribution in [3.63, 3.8) is 0 Å². The number of aromatic nitrogens is 2. The first-order valence-corrected chi connectivity index (χ1v) is 12.8. The predicted molar refractivity (Wildman–Crippen MR) is 140 cm³/mol. The molecule has 2 aromatic carbocycles. The summed E-state index contributed by atoms with van der Waals surface area (Å²) in [5.74, 6) is 0.0498. The lowest BCUT2D eigenvalue weighted by Gasteiger charge is -2.34. The lowest BCUT2D eigenvalue weighted by atomic mass is 10.0. The van der Waals surface area contributed by atoms with Gasteiger partial charge in [-0.2, -0.15) is 0 Å². The molecule has 1 N–H and O–H groups in total. The average molecular weight is 477 g/mol. The topological polar surface area (TPSA) is 78.4 Å². The molecule has 1 aliphatic rings. The summed E-state index contributed by atoms with van der Waals surface area (Å²) in [6, 6.07) is 14.8. The van der Waals surface area contributed by atoms with Crippen molar-refractivity contribution in [3.8, 4) is 0 Å². The summed E-state index contributed by atoms with van der Waals surface area (Å²) in [7, 11) is 0. The molecule has 2 heterocycles. The lowest BCUT2D eigenvalue weighted by Crippen LogP contribution is -2.46. The molecule has 35 heavy (non-hydrogen) atoms. The predicted octanol–water partition coefficient (Wildman–Crippen LogP) is 3.31. The second-order valence-electron chi connectivity index (χ2n) is 9.45. The molecular formula is C28H36N4O3. The van der Waals surface area contributed by atoms with Crippen LogP contribution in [0.15, 0.2) is 58.1 Å². The fraction of sp³-hybridized carbons (Fsp3) is 0.464. The van der Waals surface area contributed by atoms with Gasteiger partial charge in [0, 0.05) is 44.7 Å². The largest absolute Gasteiger partial charge is 0.328 e. The molecule has 4 rings (SSSR count). The number of nitrogens with one attached hydrogen (secondary N) is 1. The van der Waals surface area contributed by atoms with E-state index in [2.05, 4.69) is 21.7 Å². The number of carbonyl (C=O) groups is 1. The van der Waals surface area contributed by atoms with E-state index in [9.17, 15) is 14.4 Å². The number of unbranched alkanes of at least 4 members (excludes halogenated alkanes) is 1. The summed E-state index contributed by atoms with van der Waals surface area (Å²) >= 11 is 0. The van der Waals surface area contributed by atoms with Crippen LogP contribution < -0.4 is 11.2 Å². The molecule has 0 radical (unpaired) electrons. The highest BCUT2D eigenvalue weighted by Gasteiger charge is 2.16. The maximum Gasteiger partial charge on any atom is 0.328 e. The van der Waals surface area contributed by atoms with Gasteiger partial charge in [-0.25, -0.2) is 4.79 Å². The number of aromatic amines is 1. The van der Waals surface area contributed by atoms with Gasteiger partial charge < -0.3 is 14.8 Å². The number of rotatable bonds is 11. The number of aryl methyl sites for hydroxylation is 1. The van der Waals surface area contributed by atoms with Gasteiger partial charge in [0.2, 0.25) is 0 Å². The Bertz CT molecular complexity index is 1240. The van der Waals surface area contributed by atoms with E-state index in [0.29, 0.717) is 35.9 Å². The Balaban J connectivity index is 1.32. The zero-order valence-corrected chi connectivity index (χ0v) is 20.7. The highest BCUT2D eigenvalue weighted by molar-refractivity contribution is 5.99. The van der Waals surface area contributed by atoms with E-state index in [0.717, 1.165) is 51.1 Å². The third-order valence-electron chi connectivity index (χ3n) is 6.90.